The maximum atomic E-state index is 12.0. The average Bonchev–Trinajstić information content (AvgIpc) is 3.26. The van der Waals surface area contributed by atoms with Gasteiger partial charge in [-0.05, 0) is 25.0 Å². The molecule has 33 heavy (non-hydrogen) atoms. The summed E-state index contributed by atoms with van der Waals surface area (Å²) in [4.78, 5) is 29.5. The highest BCUT2D eigenvalue weighted by molar-refractivity contribution is 5.99. The van der Waals surface area contributed by atoms with E-state index in [-0.39, 0.29) is 29.2 Å². The molecule has 0 atom stereocenters. The Labute approximate surface area is 189 Å². The lowest BCUT2D eigenvalue weighted by Gasteiger charge is -2.47. The van der Waals surface area contributed by atoms with Gasteiger partial charge in [0.2, 0.25) is 0 Å². The van der Waals surface area contributed by atoms with Crippen molar-refractivity contribution in [2.24, 2.45) is 12.5 Å². The van der Waals surface area contributed by atoms with E-state index in [2.05, 4.69) is 10.3 Å². The van der Waals surface area contributed by atoms with E-state index in [1.807, 2.05) is 24.3 Å². The number of nitrogens with one attached hydrogen (secondary N) is 1. The van der Waals surface area contributed by atoms with E-state index < -0.39 is 11.6 Å². The number of carboxylic acid groups (broad SMARTS) is 1. The topological polar surface area (TPSA) is 143 Å². The number of rotatable bonds is 6. The molecule has 5 N–H and O–H groups in total. The van der Waals surface area contributed by atoms with Crippen LogP contribution in [0.25, 0.3) is 10.8 Å². The molecule has 1 aromatic carbocycles. The lowest BCUT2D eigenvalue weighted by atomic mass is 9.62. The predicted molar refractivity (Wildman–Crippen MR) is 123 cm³/mol. The van der Waals surface area contributed by atoms with E-state index in [1.165, 1.54) is 24.1 Å². The van der Waals surface area contributed by atoms with Gasteiger partial charge in [0.1, 0.15) is 11.6 Å². The number of nitrogens with two attached hydrogens (primary N) is 1. The van der Waals surface area contributed by atoms with Crippen LogP contribution >= 0.6 is 0 Å². The molecule has 3 aliphatic rings. The molecule has 10 heteroatoms. The molecule has 6 rings (SSSR count). The number of hydrogen-bond acceptors (Lipinski definition) is 7. The van der Waals surface area contributed by atoms with Crippen LogP contribution in [0.1, 0.15) is 12.8 Å². The Kier molecular flexibility index (Phi) is 4.62. The molecular weight excluding hydrogens is 426 g/mol. The first kappa shape index (κ1) is 20.9. The number of nitrogens with zero attached hydrogens (tertiary/aromatic N) is 3. The van der Waals surface area contributed by atoms with Gasteiger partial charge in [-0.1, -0.05) is 12.1 Å². The Bertz CT molecular complexity index is 1310. The number of ether oxygens (including phenoxy) is 1. The summed E-state index contributed by atoms with van der Waals surface area (Å²) < 4.78 is 6.93. The third-order valence-electron chi connectivity index (χ3n) is 6.91. The molecule has 10 nitrogen and oxygen atoms in total. The van der Waals surface area contributed by atoms with Crippen molar-refractivity contribution in [2.75, 3.05) is 30.7 Å². The summed E-state index contributed by atoms with van der Waals surface area (Å²) in [5.74, 6) is 0.534. The standard InChI is InChI=1S/C23H25N5O5/c1-27-18(29)7-14(8-19(27)30)33-13-22-9-23(10-22,28(12-22)21(31)32)11-26-17-4-2-3-16-15(17)5-6-25-20(16)24/h2-8,26,29H,9-13H2,1H3,(H2,24,25)(H,31,32). The van der Waals surface area contributed by atoms with E-state index in [9.17, 15) is 19.8 Å². The SMILES string of the molecule is Cn1c(O)cc(OCC23CN(C(=O)O)C(CNc4cccc5c(N)nccc45)(C2)C3)cc1=O. The van der Waals surface area contributed by atoms with Gasteiger partial charge in [-0.25, -0.2) is 9.78 Å². The van der Waals surface area contributed by atoms with Crippen molar-refractivity contribution in [3.63, 3.8) is 0 Å². The molecule has 2 aromatic heterocycles. The summed E-state index contributed by atoms with van der Waals surface area (Å²) in [6.07, 6.45) is 1.98. The van der Waals surface area contributed by atoms with Crippen LogP contribution in [0, 0.1) is 5.41 Å². The highest BCUT2D eigenvalue weighted by atomic mass is 16.5. The van der Waals surface area contributed by atoms with E-state index in [0.29, 0.717) is 31.7 Å². The number of amides is 1. The smallest absolute Gasteiger partial charge is 0.407 e. The van der Waals surface area contributed by atoms with Crippen LogP contribution in [-0.2, 0) is 7.05 Å². The van der Waals surface area contributed by atoms with E-state index in [0.717, 1.165) is 21.0 Å². The van der Waals surface area contributed by atoms with E-state index in [1.54, 1.807) is 6.20 Å². The lowest BCUT2D eigenvalue weighted by molar-refractivity contribution is 0.0383. The van der Waals surface area contributed by atoms with Gasteiger partial charge >= 0.3 is 6.09 Å². The number of nitrogen functional groups attached to an aromatic ring is 1. The fraction of sp³-hybridized carbons (Fsp3) is 0.348. The first-order valence-electron chi connectivity index (χ1n) is 10.6. The maximum Gasteiger partial charge on any atom is 0.407 e. The minimum atomic E-state index is -0.964. The number of aromatic nitrogens is 2. The Hall–Kier alpha value is -3.95. The van der Waals surface area contributed by atoms with Crippen LogP contribution in [0.4, 0.5) is 16.3 Å². The molecule has 2 saturated heterocycles. The Morgan fingerprint density at radius 1 is 1.27 bits per heavy atom. The van der Waals surface area contributed by atoms with Gasteiger partial charge in [-0.3, -0.25) is 9.36 Å². The van der Waals surface area contributed by atoms with Crippen LogP contribution in [-0.4, -0.2) is 56.0 Å². The van der Waals surface area contributed by atoms with Crippen LogP contribution < -0.4 is 21.3 Å². The lowest BCUT2D eigenvalue weighted by Crippen LogP contribution is -2.56. The number of fused-ring (bicyclic) bond motifs is 2. The summed E-state index contributed by atoms with van der Waals surface area (Å²) in [5, 5.41) is 24.9. The van der Waals surface area contributed by atoms with Crippen molar-refractivity contribution < 1.29 is 19.7 Å². The summed E-state index contributed by atoms with van der Waals surface area (Å²) in [5.41, 5.74) is 5.62. The second-order valence-electron chi connectivity index (χ2n) is 9.13. The highest BCUT2D eigenvalue weighted by Crippen LogP contribution is 2.59. The predicted octanol–water partition coefficient (Wildman–Crippen LogP) is 2.22. The number of benzene rings is 1. The zero-order chi connectivity index (χ0) is 23.4. The van der Waals surface area contributed by atoms with Gasteiger partial charge < -0.3 is 30.9 Å². The first-order valence-corrected chi connectivity index (χ1v) is 10.6. The Morgan fingerprint density at radius 2 is 2.06 bits per heavy atom. The van der Waals surface area contributed by atoms with Crippen molar-refractivity contribution in [2.45, 2.75) is 18.4 Å². The molecule has 172 valence electrons. The monoisotopic (exact) mass is 451 g/mol. The molecule has 3 aromatic rings. The van der Waals surface area contributed by atoms with Gasteiger partial charge in [-0.2, -0.15) is 0 Å². The molecule has 1 saturated carbocycles. The first-order chi connectivity index (χ1) is 15.7. The molecule has 2 aliphatic heterocycles. The van der Waals surface area contributed by atoms with Crippen molar-refractivity contribution in [1.29, 1.82) is 0 Å². The third kappa shape index (κ3) is 3.38. The quantitative estimate of drug-likeness (QED) is 0.447. The molecule has 0 radical (unpaired) electrons. The number of carbonyl (C=O) groups is 1. The molecule has 2 bridgehead atoms. The van der Waals surface area contributed by atoms with Gasteiger partial charge in [-0.15, -0.1) is 0 Å². The second kappa shape index (κ2) is 7.29. The van der Waals surface area contributed by atoms with E-state index >= 15 is 0 Å². The average molecular weight is 451 g/mol. The van der Waals surface area contributed by atoms with Crippen molar-refractivity contribution >= 4 is 28.4 Å². The summed E-state index contributed by atoms with van der Waals surface area (Å²) in [6.45, 7) is 1.07. The summed E-state index contributed by atoms with van der Waals surface area (Å²) >= 11 is 0. The second-order valence-corrected chi connectivity index (χ2v) is 9.13. The maximum absolute atomic E-state index is 12.0. The molecule has 0 spiro atoms. The molecule has 3 fully saturated rings. The van der Waals surface area contributed by atoms with Crippen LogP contribution in [0.3, 0.4) is 0 Å². The number of hydrogen-bond donors (Lipinski definition) is 4. The minimum Gasteiger partial charge on any atom is -0.494 e. The summed E-state index contributed by atoms with van der Waals surface area (Å²) in [7, 11) is 1.47. The van der Waals surface area contributed by atoms with Gasteiger partial charge in [0.05, 0.1) is 12.1 Å². The van der Waals surface area contributed by atoms with Crippen LogP contribution in [0.15, 0.2) is 47.4 Å². The Balaban J connectivity index is 1.32. The normalized spacial score (nSPS) is 23.4. The number of anilines is 2. The van der Waals surface area contributed by atoms with Crippen molar-refractivity contribution in [3.8, 4) is 11.6 Å². The number of pyridine rings is 2. The molecule has 1 aliphatic carbocycles. The highest BCUT2D eigenvalue weighted by Gasteiger charge is 2.67. The van der Waals surface area contributed by atoms with E-state index in [4.69, 9.17) is 10.5 Å². The van der Waals surface area contributed by atoms with Gasteiger partial charge in [0.15, 0.2) is 5.88 Å². The zero-order valence-electron chi connectivity index (χ0n) is 18.1. The third-order valence-corrected chi connectivity index (χ3v) is 6.91. The Morgan fingerprint density at radius 3 is 2.79 bits per heavy atom. The molecule has 1 amide bonds. The largest absolute Gasteiger partial charge is 0.494 e. The van der Waals surface area contributed by atoms with Gasteiger partial charge in [0, 0.05) is 60.3 Å². The molecule has 4 heterocycles. The van der Waals surface area contributed by atoms with Gasteiger partial charge in [0.25, 0.3) is 5.56 Å². The fourth-order valence-corrected chi connectivity index (χ4v) is 5.35. The molecule has 0 unspecified atom stereocenters. The summed E-state index contributed by atoms with van der Waals surface area (Å²) in [6, 6.07) is 10.3. The van der Waals surface area contributed by atoms with Crippen LogP contribution in [0.2, 0.25) is 0 Å². The van der Waals surface area contributed by atoms with Crippen LogP contribution in [0.5, 0.6) is 11.6 Å². The zero-order valence-corrected chi connectivity index (χ0v) is 18.1. The minimum absolute atomic E-state index is 0.188. The fourth-order valence-electron chi connectivity index (χ4n) is 5.35. The van der Waals surface area contributed by atoms with Crippen molar-refractivity contribution in [3.05, 3.63) is 52.9 Å². The number of aromatic hydroxyl groups is 1. The van der Waals surface area contributed by atoms with Crippen molar-refractivity contribution in [1.82, 2.24) is 14.5 Å². The molecular formula is C23H25N5O5.